The normalized spacial score (nSPS) is 15.3. The van der Waals surface area contributed by atoms with E-state index >= 15 is 0 Å². The Hall–Kier alpha value is -3.47. The molecule has 0 aliphatic carbocycles. The van der Waals surface area contributed by atoms with Gasteiger partial charge in [-0.25, -0.2) is 0 Å². The number of unbranched alkanes of at least 4 members (excludes halogenated alkanes) is 2. The predicted octanol–water partition coefficient (Wildman–Crippen LogP) is 0.745. The van der Waals surface area contributed by atoms with Crippen LogP contribution in [0.1, 0.15) is 59.2 Å². The van der Waals surface area contributed by atoms with Gasteiger partial charge in [-0.15, -0.1) is 0 Å². The summed E-state index contributed by atoms with van der Waals surface area (Å²) in [5.74, 6) is -2.72. The van der Waals surface area contributed by atoms with Gasteiger partial charge in [0.25, 0.3) is 11.8 Å². The topological polar surface area (TPSA) is 225 Å². The number of aliphatic hydroxyl groups excluding tert-OH is 1. The lowest BCUT2D eigenvalue weighted by molar-refractivity contribution is -0.136. The molecule has 1 saturated heterocycles. The number of rotatable bonds is 37. The van der Waals surface area contributed by atoms with Crippen molar-refractivity contribution >= 4 is 35.2 Å². The number of anilines is 1. The molecular formula is C39H61N3O16. The van der Waals surface area contributed by atoms with Crippen molar-refractivity contribution in [3.8, 4) is 0 Å². The molecule has 1 fully saturated rings. The standard InChI is InChI=1S/C39H61N3O16/c43-10-12-50-14-16-52-18-20-54-22-24-56-26-28-58-30-29-57-27-25-55-23-21-53-19-17-51-15-13-49-11-3-1-2-7-34(44)40-32-6-4-5-31-36(32)39(48)42(38(31)47)33-8-9-35(45)41-37(33)46/h4-6,33,43H,1-3,7-30H2,(H,40,44)(H,41,45,46). The zero-order valence-corrected chi connectivity index (χ0v) is 33.4. The summed E-state index contributed by atoms with van der Waals surface area (Å²) in [4.78, 5) is 63.5. The van der Waals surface area contributed by atoms with Crippen LogP contribution in [-0.4, -0.2) is 184 Å². The molecule has 0 radical (unpaired) electrons. The van der Waals surface area contributed by atoms with E-state index in [0.29, 0.717) is 139 Å². The number of nitrogens with one attached hydrogen (secondary N) is 2. The van der Waals surface area contributed by atoms with Gasteiger partial charge in [0, 0.05) is 19.4 Å². The van der Waals surface area contributed by atoms with E-state index in [0.717, 1.165) is 17.7 Å². The summed E-state index contributed by atoms with van der Waals surface area (Å²) in [6.45, 7) is 9.25. The van der Waals surface area contributed by atoms with Crippen LogP contribution in [0, 0.1) is 0 Å². The van der Waals surface area contributed by atoms with E-state index in [-0.39, 0.29) is 48.6 Å². The van der Waals surface area contributed by atoms with Crippen LogP contribution in [0.25, 0.3) is 0 Å². The van der Waals surface area contributed by atoms with Crippen LogP contribution in [-0.2, 0) is 61.8 Å². The molecule has 19 heteroatoms. The van der Waals surface area contributed by atoms with Crippen LogP contribution >= 0.6 is 0 Å². The second-order valence-corrected chi connectivity index (χ2v) is 12.9. The summed E-state index contributed by atoms with van der Waals surface area (Å²) in [5.41, 5.74) is 0.377. The van der Waals surface area contributed by atoms with E-state index in [2.05, 4.69) is 10.6 Å². The minimum atomic E-state index is -1.07. The molecule has 328 valence electrons. The number of ether oxygens (including phenoxy) is 10. The lowest BCUT2D eigenvalue weighted by Crippen LogP contribution is -2.54. The highest BCUT2D eigenvalue weighted by atomic mass is 16.6. The van der Waals surface area contributed by atoms with Crippen molar-refractivity contribution < 1.29 is 76.4 Å². The molecule has 5 amide bonds. The van der Waals surface area contributed by atoms with Gasteiger partial charge in [-0.3, -0.25) is 34.2 Å². The number of carbonyl (C=O) groups excluding carboxylic acids is 5. The summed E-state index contributed by atoms with van der Waals surface area (Å²) < 4.78 is 54.3. The molecule has 1 aromatic carbocycles. The molecule has 3 rings (SSSR count). The highest BCUT2D eigenvalue weighted by molar-refractivity contribution is 6.26. The van der Waals surface area contributed by atoms with Crippen LogP contribution < -0.4 is 10.6 Å². The van der Waals surface area contributed by atoms with Crippen LogP contribution in [0.3, 0.4) is 0 Å². The summed E-state index contributed by atoms with van der Waals surface area (Å²) in [7, 11) is 0. The minimum absolute atomic E-state index is 0.0115. The smallest absolute Gasteiger partial charge is 0.264 e. The highest BCUT2D eigenvalue weighted by Gasteiger charge is 2.45. The minimum Gasteiger partial charge on any atom is -0.394 e. The van der Waals surface area contributed by atoms with Gasteiger partial charge in [-0.1, -0.05) is 12.5 Å². The molecule has 2 heterocycles. The molecule has 3 N–H and O–H groups in total. The molecule has 2 aliphatic rings. The Morgan fingerprint density at radius 1 is 0.603 bits per heavy atom. The SMILES string of the molecule is O=C1CCC(N2C(=O)c3cccc(NC(=O)CCCCCOCCOCCOCCOCCOCCOCCOCCOCCOCCOCCO)c3C2=O)C(=O)N1. The fourth-order valence-corrected chi connectivity index (χ4v) is 5.64. The van der Waals surface area contributed by atoms with Gasteiger partial charge in [0.05, 0.1) is 149 Å². The highest BCUT2D eigenvalue weighted by Crippen LogP contribution is 2.32. The number of imide groups is 2. The molecule has 1 atom stereocenters. The van der Waals surface area contributed by atoms with E-state index in [4.69, 9.17) is 52.5 Å². The fourth-order valence-electron chi connectivity index (χ4n) is 5.64. The molecule has 19 nitrogen and oxygen atoms in total. The van der Waals surface area contributed by atoms with Crippen molar-refractivity contribution in [2.24, 2.45) is 0 Å². The fraction of sp³-hybridized carbons (Fsp3) is 0.718. The number of piperidine rings is 1. The van der Waals surface area contributed by atoms with Gasteiger partial charge in [0.15, 0.2) is 0 Å². The lowest BCUT2D eigenvalue weighted by atomic mass is 10.0. The first-order valence-corrected chi connectivity index (χ1v) is 20.0. The number of aliphatic hydroxyl groups is 1. The summed E-state index contributed by atoms with van der Waals surface area (Å²) in [6.07, 6.45) is 2.44. The average Bonchev–Trinajstić information content (AvgIpc) is 3.47. The van der Waals surface area contributed by atoms with Crippen LogP contribution in [0.4, 0.5) is 5.69 Å². The second-order valence-electron chi connectivity index (χ2n) is 12.9. The molecule has 2 aliphatic heterocycles. The number of hydrogen-bond donors (Lipinski definition) is 3. The number of carbonyl (C=O) groups is 5. The van der Waals surface area contributed by atoms with Crippen molar-refractivity contribution in [3.63, 3.8) is 0 Å². The van der Waals surface area contributed by atoms with Gasteiger partial charge < -0.3 is 57.8 Å². The zero-order valence-electron chi connectivity index (χ0n) is 33.4. The number of fused-ring (bicyclic) bond motifs is 1. The first-order chi connectivity index (χ1) is 28.4. The molecule has 58 heavy (non-hydrogen) atoms. The third kappa shape index (κ3) is 20.0. The van der Waals surface area contributed by atoms with E-state index in [9.17, 15) is 24.0 Å². The van der Waals surface area contributed by atoms with Gasteiger partial charge in [-0.05, 0) is 31.4 Å². The van der Waals surface area contributed by atoms with Crippen molar-refractivity contribution in [1.29, 1.82) is 0 Å². The van der Waals surface area contributed by atoms with E-state index in [1.807, 2.05) is 0 Å². The number of hydrogen-bond acceptors (Lipinski definition) is 16. The first kappa shape index (κ1) is 48.9. The second kappa shape index (κ2) is 31.5. The Balaban J connectivity index is 1.02. The monoisotopic (exact) mass is 827 g/mol. The number of benzene rings is 1. The average molecular weight is 828 g/mol. The Kier molecular flexibility index (Phi) is 26.5. The van der Waals surface area contributed by atoms with E-state index in [1.165, 1.54) is 6.07 Å². The van der Waals surface area contributed by atoms with Gasteiger partial charge in [-0.2, -0.15) is 0 Å². The summed E-state index contributed by atoms with van der Waals surface area (Å²) in [5, 5.41) is 13.5. The molecule has 0 aromatic heterocycles. The van der Waals surface area contributed by atoms with Crippen LogP contribution in [0.5, 0.6) is 0 Å². The van der Waals surface area contributed by atoms with Gasteiger partial charge in [0.2, 0.25) is 17.7 Å². The van der Waals surface area contributed by atoms with Crippen LogP contribution in [0.15, 0.2) is 18.2 Å². The Labute approximate surface area is 339 Å². The van der Waals surface area contributed by atoms with E-state index in [1.54, 1.807) is 12.1 Å². The first-order valence-electron chi connectivity index (χ1n) is 20.0. The predicted molar refractivity (Wildman–Crippen MR) is 205 cm³/mol. The number of nitrogens with zero attached hydrogens (tertiary/aromatic N) is 1. The largest absolute Gasteiger partial charge is 0.394 e. The number of amides is 5. The molecule has 1 unspecified atom stereocenters. The molecule has 1 aromatic rings. The van der Waals surface area contributed by atoms with Crippen LogP contribution in [0.2, 0.25) is 0 Å². The maximum atomic E-state index is 13.2. The van der Waals surface area contributed by atoms with Gasteiger partial charge in [0.1, 0.15) is 6.04 Å². The molecule has 0 saturated carbocycles. The summed E-state index contributed by atoms with van der Waals surface area (Å²) >= 11 is 0. The Bertz CT molecular complexity index is 1350. The Morgan fingerprint density at radius 2 is 1.05 bits per heavy atom. The Morgan fingerprint density at radius 3 is 1.50 bits per heavy atom. The quantitative estimate of drug-likeness (QED) is 0.0622. The van der Waals surface area contributed by atoms with E-state index < -0.39 is 29.7 Å². The van der Waals surface area contributed by atoms with Crippen molar-refractivity contribution in [1.82, 2.24) is 10.2 Å². The third-order valence-corrected chi connectivity index (χ3v) is 8.52. The van der Waals surface area contributed by atoms with Crippen molar-refractivity contribution in [2.45, 2.75) is 44.6 Å². The van der Waals surface area contributed by atoms with Crippen molar-refractivity contribution in [3.05, 3.63) is 29.3 Å². The molecular weight excluding hydrogens is 766 g/mol. The molecule has 0 spiro atoms. The molecule has 0 bridgehead atoms. The van der Waals surface area contributed by atoms with Gasteiger partial charge >= 0.3 is 0 Å². The maximum Gasteiger partial charge on any atom is 0.264 e. The maximum absolute atomic E-state index is 13.2. The lowest BCUT2D eigenvalue weighted by Gasteiger charge is -2.27. The third-order valence-electron chi connectivity index (χ3n) is 8.52. The summed E-state index contributed by atoms with van der Waals surface area (Å²) in [6, 6.07) is 3.52. The van der Waals surface area contributed by atoms with Crippen molar-refractivity contribution in [2.75, 3.05) is 144 Å². The zero-order chi connectivity index (χ0) is 41.5.